The minimum atomic E-state index is 0.613. The van der Waals surface area contributed by atoms with Crippen LogP contribution in [-0.2, 0) is 13.1 Å². The van der Waals surface area contributed by atoms with E-state index in [1.54, 1.807) is 6.20 Å². The zero-order valence-corrected chi connectivity index (χ0v) is 13.3. The Morgan fingerprint density at radius 1 is 1.00 bits per heavy atom. The number of para-hydroxylation sites is 1. The molecule has 122 valence electrons. The van der Waals surface area contributed by atoms with Crippen LogP contribution in [0.1, 0.15) is 11.1 Å². The molecule has 5 nitrogen and oxygen atoms in total. The second-order valence-corrected chi connectivity index (χ2v) is 5.68. The van der Waals surface area contributed by atoms with Crippen LogP contribution in [0.2, 0.25) is 0 Å². The number of benzene rings is 2. The van der Waals surface area contributed by atoms with Crippen molar-refractivity contribution in [3.8, 4) is 17.2 Å². The van der Waals surface area contributed by atoms with Crippen LogP contribution in [0.4, 0.5) is 0 Å². The van der Waals surface area contributed by atoms with Gasteiger partial charge in [-0.15, -0.1) is 0 Å². The van der Waals surface area contributed by atoms with E-state index >= 15 is 0 Å². The van der Waals surface area contributed by atoms with Gasteiger partial charge in [-0.1, -0.05) is 24.3 Å². The third kappa shape index (κ3) is 3.12. The summed E-state index contributed by atoms with van der Waals surface area (Å²) in [7, 11) is 0. The quantitative estimate of drug-likeness (QED) is 0.785. The Balaban J connectivity index is 1.43. The van der Waals surface area contributed by atoms with Crippen molar-refractivity contribution in [3.63, 3.8) is 0 Å². The summed E-state index contributed by atoms with van der Waals surface area (Å²) in [4.78, 5) is 4.13. The predicted molar refractivity (Wildman–Crippen MR) is 91.5 cm³/mol. The van der Waals surface area contributed by atoms with Crippen LogP contribution in [0.5, 0.6) is 11.5 Å². The molecule has 0 saturated carbocycles. The van der Waals surface area contributed by atoms with E-state index in [0.29, 0.717) is 13.2 Å². The van der Waals surface area contributed by atoms with E-state index in [1.807, 2.05) is 35.3 Å². The van der Waals surface area contributed by atoms with Crippen LogP contribution in [0.3, 0.4) is 0 Å². The topological polar surface area (TPSA) is 48.3 Å². The van der Waals surface area contributed by atoms with Crippen LogP contribution in [0.15, 0.2) is 61.2 Å². The molecule has 0 bridgehead atoms. The highest BCUT2D eigenvalue weighted by atomic mass is 16.6. The maximum atomic E-state index is 5.63. The molecule has 0 aliphatic carbocycles. The second-order valence-electron chi connectivity index (χ2n) is 5.68. The Labute approximate surface area is 140 Å². The highest BCUT2D eigenvalue weighted by Crippen LogP contribution is 2.30. The van der Waals surface area contributed by atoms with Crippen LogP contribution < -0.4 is 14.8 Å². The number of imidazole rings is 1. The first-order valence-corrected chi connectivity index (χ1v) is 8.05. The molecule has 0 unspecified atom stereocenters. The van der Waals surface area contributed by atoms with Crippen molar-refractivity contribution < 1.29 is 9.47 Å². The van der Waals surface area contributed by atoms with Gasteiger partial charge in [0.15, 0.2) is 11.5 Å². The smallest absolute Gasteiger partial charge is 0.161 e. The third-order valence-corrected chi connectivity index (χ3v) is 4.03. The Hall–Kier alpha value is -2.79. The lowest BCUT2D eigenvalue weighted by Crippen LogP contribution is -2.17. The summed E-state index contributed by atoms with van der Waals surface area (Å²) in [5, 5.41) is 3.50. The Morgan fingerprint density at radius 2 is 1.88 bits per heavy atom. The molecular formula is C19H19N3O2. The maximum absolute atomic E-state index is 5.63. The van der Waals surface area contributed by atoms with E-state index in [9.17, 15) is 0 Å². The molecule has 1 N–H and O–H groups in total. The van der Waals surface area contributed by atoms with Crippen molar-refractivity contribution >= 4 is 0 Å². The van der Waals surface area contributed by atoms with Gasteiger partial charge in [0, 0.05) is 25.5 Å². The van der Waals surface area contributed by atoms with Gasteiger partial charge in [0.1, 0.15) is 13.2 Å². The fraction of sp³-hybridized carbons (Fsp3) is 0.211. The summed E-state index contributed by atoms with van der Waals surface area (Å²) >= 11 is 0. The van der Waals surface area contributed by atoms with Gasteiger partial charge in [-0.25, -0.2) is 4.98 Å². The summed E-state index contributed by atoms with van der Waals surface area (Å²) in [6, 6.07) is 14.4. The lowest BCUT2D eigenvalue weighted by molar-refractivity contribution is 0.171. The van der Waals surface area contributed by atoms with Gasteiger partial charge in [-0.3, -0.25) is 0 Å². The summed E-state index contributed by atoms with van der Waals surface area (Å²) < 4.78 is 13.2. The normalized spacial score (nSPS) is 13.0. The van der Waals surface area contributed by atoms with Gasteiger partial charge in [0.05, 0.1) is 12.0 Å². The first kappa shape index (κ1) is 14.8. The Kier molecular flexibility index (Phi) is 4.16. The number of hydrogen-bond acceptors (Lipinski definition) is 4. The van der Waals surface area contributed by atoms with Crippen LogP contribution in [-0.4, -0.2) is 22.8 Å². The number of fused-ring (bicyclic) bond motifs is 1. The molecule has 24 heavy (non-hydrogen) atoms. The molecule has 2 heterocycles. The number of rotatable bonds is 5. The van der Waals surface area contributed by atoms with Gasteiger partial charge >= 0.3 is 0 Å². The Morgan fingerprint density at radius 3 is 2.75 bits per heavy atom. The molecular weight excluding hydrogens is 302 g/mol. The summed E-state index contributed by atoms with van der Waals surface area (Å²) in [5.41, 5.74) is 3.55. The minimum Gasteiger partial charge on any atom is -0.486 e. The molecule has 2 aromatic carbocycles. The van der Waals surface area contributed by atoms with Gasteiger partial charge in [0.2, 0.25) is 0 Å². The highest BCUT2D eigenvalue weighted by Gasteiger charge is 2.11. The number of aromatic nitrogens is 2. The molecule has 3 aromatic rings. The maximum Gasteiger partial charge on any atom is 0.161 e. The molecule has 0 amide bonds. The average Bonchev–Trinajstić information content (AvgIpc) is 3.16. The van der Waals surface area contributed by atoms with Crippen molar-refractivity contribution in [1.82, 2.24) is 14.9 Å². The minimum absolute atomic E-state index is 0.613. The van der Waals surface area contributed by atoms with E-state index in [0.717, 1.165) is 30.3 Å². The molecule has 0 atom stereocenters. The largest absolute Gasteiger partial charge is 0.486 e. The van der Waals surface area contributed by atoms with Crippen molar-refractivity contribution in [2.24, 2.45) is 0 Å². The highest BCUT2D eigenvalue weighted by molar-refractivity contribution is 5.44. The third-order valence-electron chi connectivity index (χ3n) is 4.03. The van der Waals surface area contributed by atoms with E-state index in [-0.39, 0.29) is 0 Å². The Bertz CT molecular complexity index is 815. The molecule has 0 fully saturated rings. The molecule has 4 rings (SSSR count). The van der Waals surface area contributed by atoms with E-state index in [1.165, 1.54) is 11.1 Å². The van der Waals surface area contributed by atoms with Crippen LogP contribution >= 0.6 is 0 Å². The fourth-order valence-electron chi connectivity index (χ4n) is 2.85. The van der Waals surface area contributed by atoms with Crippen molar-refractivity contribution in [2.75, 3.05) is 13.2 Å². The summed E-state index contributed by atoms with van der Waals surface area (Å²) in [6.45, 7) is 2.79. The first-order valence-electron chi connectivity index (χ1n) is 8.05. The van der Waals surface area contributed by atoms with Gasteiger partial charge in [-0.2, -0.15) is 0 Å². The van der Waals surface area contributed by atoms with Gasteiger partial charge < -0.3 is 19.4 Å². The standard InChI is InChI=1S/C19H19N3O2/c1-2-4-17(22-8-7-20-14-22)16(3-1)13-21-12-15-5-6-18-19(11-15)24-10-9-23-18/h1-8,11,14,21H,9-10,12-13H2. The monoisotopic (exact) mass is 321 g/mol. The lowest BCUT2D eigenvalue weighted by atomic mass is 10.1. The molecule has 0 radical (unpaired) electrons. The van der Waals surface area contributed by atoms with Crippen LogP contribution in [0, 0.1) is 0 Å². The van der Waals surface area contributed by atoms with Crippen LogP contribution in [0.25, 0.3) is 5.69 Å². The van der Waals surface area contributed by atoms with Crippen molar-refractivity contribution in [1.29, 1.82) is 0 Å². The zero-order chi connectivity index (χ0) is 16.2. The number of nitrogens with zero attached hydrogens (tertiary/aromatic N) is 2. The van der Waals surface area contributed by atoms with Gasteiger partial charge in [0.25, 0.3) is 0 Å². The molecule has 0 spiro atoms. The average molecular weight is 321 g/mol. The predicted octanol–water partition coefficient (Wildman–Crippen LogP) is 2.93. The second kappa shape index (κ2) is 6.76. The van der Waals surface area contributed by atoms with Crippen molar-refractivity contribution in [3.05, 3.63) is 72.3 Å². The number of nitrogens with one attached hydrogen (secondary N) is 1. The zero-order valence-electron chi connectivity index (χ0n) is 13.3. The number of hydrogen-bond donors (Lipinski definition) is 1. The molecule has 5 heteroatoms. The molecule has 1 aliphatic rings. The molecule has 1 aliphatic heterocycles. The van der Waals surface area contributed by atoms with E-state index in [4.69, 9.17) is 9.47 Å². The molecule has 0 saturated heterocycles. The van der Waals surface area contributed by atoms with E-state index in [2.05, 4.69) is 34.6 Å². The lowest BCUT2D eigenvalue weighted by Gasteiger charge is -2.19. The number of ether oxygens (including phenoxy) is 2. The van der Waals surface area contributed by atoms with Crippen molar-refractivity contribution in [2.45, 2.75) is 13.1 Å². The van der Waals surface area contributed by atoms with E-state index < -0.39 is 0 Å². The summed E-state index contributed by atoms with van der Waals surface area (Å²) in [5.74, 6) is 1.66. The SMILES string of the molecule is c1ccc(-n2ccnc2)c(CNCc2ccc3c(c2)OCCO3)c1. The van der Waals surface area contributed by atoms with Gasteiger partial charge in [-0.05, 0) is 29.3 Å². The first-order chi connectivity index (χ1) is 11.9. The molecule has 1 aromatic heterocycles. The fourth-order valence-corrected chi connectivity index (χ4v) is 2.85. The summed E-state index contributed by atoms with van der Waals surface area (Å²) in [6.07, 6.45) is 5.57.